The number of hydrogen-bond acceptors (Lipinski definition) is 2. The number of aryl methyl sites for hydroxylation is 1. The van der Waals surface area contributed by atoms with Crippen LogP contribution in [-0.4, -0.2) is 33.4 Å². The van der Waals surface area contributed by atoms with Crippen LogP contribution in [0.3, 0.4) is 0 Å². The highest BCUT2D eigenvalue weighted by molar-refractivity contribution is 6.50. The predicted octanol–water partition coefficient (Wildman–Crippen LogP) is 3.05. The topological polar surface area (TPSA) is 19.4 Å². The van der Waals surface area contributed by atoms with Gasteiger partial charge in [-0.2, -0.15) is 4.58 Å². The number of hydrogen-bond donors (Lipinski definition) is 0. The minimum atomic E-state index is -6.00. The van der Waals surface area contributed by atoms with Crippen molar-refractivity contribution in [2.75, 3.05) is 31.1 Å². The standard InChI is InChI=1S/C14H21N2O.BF4/c1-12-10-13(15-6-2-3-7-15)11-14(17-12)16-8-4-5-9-16;2-1(3,4)5/h10-11H,2-9H2,1H3;/q+1;-1. The highest BCUT2D eigenvalue weighted by atomic mass is 19.5. The molecule has 0 atom stereocenters. The second kappa shape index (κ2) is 7.20. The fourth-order valence-electron chi connectivity index (χ4n) is 2.85. The minimum Gasteiger partial charge on any atom is -0.418 e. The van der Waals surface area contributed by atoms with Crippen molar-refractivity contribution >= 4 is 12.9 Å². The van der Waals surface area contributed by atoms with Crippen molar-refractivity contribution in [3.05, 3.63) is 23.4 Å². The van der Waals surface area contributed by atoms with Gasteiger partial charge in [-0.15, -0.1) is 0 Å². The first-order chi connectivity index (χ1) is 10.3. The second-order valence-corrected chi connectivity index (χ2v) is 5.65. The first-order valence-electron chi connectivity index (χ1n) is 7.65. The lowest BCUT2D eigenvalue weighted by molar-refractivity contribution is 0.368. The third-order valence-corrected chi connectivity index (χ3v) is 3.78. The first kappa shape index (κ1) is 16.9. The fraction of sp³-hybridized carbons (Fsp3) is 0.643. The molecule has 8 heteroatoms. The van der Waals surface area contributed by atoms with Gasteiger partial charge in [0.2, 0.25) is 0 Å². The Bertz CT molecular complexity index is 551. The summed E-state index contributed by atoms with van der Waals surface area (Å²) in [7, 11) is -6.00. The molecule has 0 unspecified atom stereocenters. The van der Waals surface area contributed by atoms with Crippen molar-refractivity contribution < 1.29 is 21.7 Å². The average molecular weight is 320 g/mol. The van der Waals surface area contributed by atoms with E-state index in [-0.39, 0.29) is 0 Å². The molecule has 0 amide bonds. The molecule has 22 heavy (non-hydrogen) atoms. The van der Waals surface area contributed by atoms with Gasteiger partial charge in [0, 0.05) is 32.0 Å². The van der Waals surface area contributed by atoms with Crippen LogP contribution < -0.4 is 15.0 Å². The summed E-state index contributed by atoms with van der Waals surface area (Å²) in [6, 6.07) is 4.40. The van der Waals surface area contributed by atoms with Crippen LogP contribution in [-0.2, 0) is 0 Å². The van der Waals surface area contributed by atoms with Crippen molar-refractivity contribution in [1.29, 1.82) is 0 Å². The van der Waals surface area contributed by atoms with E-state index in [1.807, 2.05) is 0 Å². The van der Waals surface area contributed by atoms with Crippen LogP contribution in [0.1, 0.15) is 31.4 Å². The van der Waals surface area contributed by atoms with Crippen molar-refractivity contribution in [3.63, 3.8) is 0 Å². The SMILES string of the molecule is Cc1cc(N2CCCC2)cc(=[N+]2CCCC2)o1.F[B-](F)(F)F. The molecule has 0 aliphatic carbocycles. The summed E-state index contributed by atoms with van der Waals surface area (Å²) in [6.45, 7) is 6.74. The summed E-state index contributed by atoms with van der Waals surface area (Å²) < 4.78 is 47.2. The van der Waals surface area contributed by atoms with Crippen LogP contribution in [0, 0.1) is 6.92 Å². The maximum absolute atomic E-state index is 9.75. The predicted molar refractivity (Wildman–Crippen MR) is 79.3 cm³/mol. The van der Waals surface area contributed by atoms with Crippen LogP contribution in [0.15, 0.2) is 16.5 Å². The lowest BCUT2D eigenvalue weighted by Crippen LogP contribution is -2.28. The zero-order chi connectivity index (χ0) is 16.2. The molecule has 2 aliphatic heterocycles. The third kappa shape index (κ3) is 5.38. The van der Waals surface area contributed by atoms with Crippen molar-refractivity contribution in [2.45, 2.75) is 32.6 Å². The van der Waals surface area contributed by atoms with Gasteiger partial charge in [0.05, 0.1) is 11.8 Å². The molecule has 0 spiro atoms. The second-order valence-electron chi connectivity index (χ2n) is 5.65. The molecule has 3 rings (SSSR count). The zero-order valence-corrected chi connectivity index (χ0v) is 12.7. The van der Waals surface area contributed by atoms with E-state index in [0.29, 0.717) is 0 Å². The van der Waals surface area contributed by atoms with Crippen LogP contribution in [0.4, 0.5) is 23.0 Å². The van der Waals surface area contributed by atoms with Crippen LogP contribution in [0.5, 0.6) is 0 Å². The molecule has 0 N–H and O–H groups in total. The summed E-state index contributed by atoms with van der Waals surface area (Å²) in [5.41, 5.74) is 2.40. The number of anilines is 1. The molecular weight excluding hydrogens is 299 g/mol. The Balaban J connectivity index is 0.000000309. The molecule has 3 nitrogen and oxygen atoms in total. The monoisotopic (exact) mass is 320 g/mol. The third-order valence-electron chi connectivity index (χ3n) is 3.78. The molecule has 2 fully saturated rings. The van der Waals surface area contributed by atoms with E-state index in [1.165, 1.54) is 44.5 Å². The normalized spacial score (nSPS) is 18.4. The van der Waals surface area contributed by atoms with Gasteiger partial charge in [0.1, 0.15) is 18.8 Å². The Labute approximate surface area is 127 Å². The van der Waals surface area contributed by atoms with Crippen molar-refractivity contribution in [2.24, 2.45) is 0 Å². The lowest BCUT2D eigenvalue weighted by Gasteiger charge is -2.16. The van der Waals surface area contributed by atoms with Gasteiger partial charge in [0.15, 0.2) is 0 Å². The number of rotatable bonds is 1. The molecule has 1 aromatic heterocycles. The van der Waals surface area contributed by atoms with Crippen molar-refractivity contribution in [1.82, 2.24) is 4.58 Å². The number of halogens is 4. The molecule has 124 valence electrons. The van der Waals surface area contributed by atoms with E-state index in [4.69, 9.17) is 4.42 Å². The Morgan fingerprint density at radius 3 is 2.09 bits per heavy atom. The van der Waals surface area contributed by atoms with E-state index in [9.17, 15) is 17.3 Å². The molecule has 2 saturated heterocycles. The first-order valence-corrected chi connectivity index (χ1v) is 7.65. The van der Waals surface area contributed by atoms with E-state index in [1.54, 1.807) is 0 Å². The summed E-state index contributed by atoms with van der Waals surface area (Å²) in [5, 5.41) is 0. The largest absolute Gasteiger partial charge is 0.673 e. The number of nitrogens with zero attached hydrogens (tertiary/aromatic N) is 2. The molecular formula is C14H21BF4N2O. The highest BCUT2D eigenvalue weighted by Gasteiger charge is 2.20. The van der Waals surface area contributed by atoms with Gasteiger partial charge in [-0.3, -0.25) is 0 Å². The maximum atomic E-state index is 9.75. The van der Waals surface area contributed by atoms with E-state index in [0.717, 1.165) is 24.4 Å². The van der Waals surface area contributed by atoms with Crippen LogP contribution in [0.2, 0.25) is 0 Å². The molecule has 0 saturated carbocycles. The van der Waals surface area contributed by atoms with Gasteiger partial charge < -0.3 is 26.6 Å². The maximum Gasteiger partial charge on any atom is 0.673 e. The fourth-order valence-corrected chi connectivity index (χ4v) is 2.85. The van der Waals surface area contributed by atoms with E-state index in [2.05, 4.69) is 28.5 Å². The van der Waals surface area contributed by atoms with Gasteiger partial charge in [-0.25, -0.2) is 0 Å². The summed E-state index contributed by atoms with van der Waals surface area (Å²) in [5.74, 6) is 1.02. The highest BCUT2D eigenvalue weighted by Crippen LogP contribution is 2.19. The zero-order valence-electron chi connectivity index (χ0n) is 12.7. The lowest BCUT2D eigenvalue weighted by atomic mass is 10.3. The molecule has 0 bridgehead atoms. The summed E-state index contributed by atoms with van der Waals surface area (Å²) in [4.78, 5) is 2.47. The van der Waals surface area contributed by atoms with Crippen LogP contribution >= 0.6 is 0 Å². The van der Waals surface area contributed by atoms with Crippen LogP contribution in [0.25, 0.3) is 0 Å². The van der Waals surface area contributed by atoms with Gasteiger partial charge in [-0.1, -0.05) is 0 Å². The molecule has 2 aliphatic rings. The van der Waals surface area contributed by atoms with Gasteiger partial charge in [-0.05, 0) is 19.8 Å². The molecule has 1 aromatic rings. The molecule has 0 radical (unpaired) electrons. The van der Waals surface area contributed by atoms with E-state index >= 15 is 0 Å². The minimum absolute atomic E-state index is 1.02. The Morgan fingerprint density at radius 2 is 1.55 bits per heavy atom. The van der Waals surface area contributed by atoms with Crippen molar-refractivity contribution in [3.8, 4) is 0 Å². The quantitative estimate of drug-likeness (QED) is 0.450. The Hall–Kier alpha value is -1.47. The summed E-state index contributed by atoms with van der Waals surface area (Å²) in [6.07, 6.45) is 5.24. The Kier molecular flexibility index (Phi) is 5.53. The van der Waals surface area contributed by atoms with Gasteiger partial charge >= 0.3 is 12.8 Å². The average Bonchev–Trinajstić information content (AvgIpc) is 3.10. The molecule has 0 aromatic carbocycles. The molecule has 3 heterocycles. The Morgan fingerprint density at radius 1 is 1.00 bits per heavy atom. The summed E-state index contributed by atoms with van der Waals surface area (Å²) >= 11 is 0. The van der Waals surface area contributed by atoms with Gasteiger partial charge in [0.25, 0.3) is 0 Å². The van der Waals surface area contributed by atoms with E-state index < -0.39 is 7.25 Å². The smallest absolute Gasteiger partial charge is 0.418 e.